The molecule has 0 amide bonds. The minimum absolute atomic E-state index is 0.0485. The van der Waals surface area contributed by atoms with E-state index in [2.05, 4.69) is 0 Å². The molecular formula is C24H24O6. The molecule has 3 aromatic rings. The number of carbonyl (C=O) groups is 1. The number of carbonyl (C=O) groups excluding carboxylic acids is 1. The van der Waals surface area contributed by atoms with E-state index in [9.17, 15) is 9.59 Å². The van der Waals surface area contributed by atoms with Crippen molar-refractivity contribution < 1.29 is 23.4 Å². The number of hydrogen-bond acceptors (Lipinski definition) is 6. The van der Waals surface area contributed by atoms with Gasteiger partial charge in [-0.1, -0.05) is 37.3 Å². The molecule has 6 heteroatoms. The van der Waals surface area contributed by atoms with Gasteiger partial charge in [0, 0.05) is 17.0 Å². The molecule has 2 aromatic carbocycles. The van der Waals surface area contributed by atoms with Crippen molar-refractivity contribution in [1.82, 2.24) is 0 Å². The van der Waals surface area contributed by atoms with Gasteiger partial charge in [0.1, 0.15) is 12.2 Å². The molecule has 0 fully saturated rings. The Morgan fingerprint density at radius 3 is 2.67 bits per heavy atom. The lowest BCUT2D eigenvalue weighted by atomic mass is 10.1. The number of allylic oxidation sites excluding steroid dienone is 1. The second-order valence-corrected chi connectivity index (χ2v) is 6.63. The summed E-state index contributed by atoms with van der Waals surface area (Å²) in [5.74, 6) is 0.415. The van der Waals surface area contributed by atoms with Gasteiger partial charge < -0.3 is 18.6 Å². The minimum atomic E-state index is -0.554. The third kappa shape index (κ3) is 5.08. The van der Waals surface area contributed by atoms with E-state index in [-0.39, 0.29) is 13.2 Å². The molecule has 0 unspecified atom stereocenters. The van der Waals surface area contributed by atoms with Crippen molar-refractivity contribution in [3.8, 4) is 11.5 Å². The highest BCUT2D eigenvalue weighted by Gasteiger charge is 2.12. The molecule has 0 spiro atoms. The number of methoxy groups -OCH3 is 1. The molecule has 0 N–H and O–H groups in total. The Labute approximate surface area is 174 Å². The van der Waals surface area contributed by atoms with Gasteiger partial charge >= 0.3 is 11.6 Å². The summed E-state index contributed by atoms with van der Waals surface area (Å²) in [7, 11) is 1.54. The maximum atomic E-state index is 12.2. The average molecular weight is 408 g/mol. The first-order valence-electron chi connectivity index (χ1n) is 9.69. The first-order chi connectivity index (χ1) is 14.5. The number of benzene rings is 2. The van der Waals surface area contributed by atoms with E-state index in [0.29, 0.717) is 22.6 Å². The van der Waals surface area contributed by atoms with Crippen LogP contribution in [0.25, 0.3) is 17.0 Å². The van der Waals surface area contributed by atoms with Crippen LogP contribution in [0.3, 0.4) is 0 Å². The molecular weight excluding hydrogens is 384 g/mol. The topological polar surface area (TPSA) is 75.0 Å². The van der Waals surface area contributed by atoms with Crippen LogP contribution in [0.2, 0.25) is 0 Å². The smallest absolute Gasteiger partial charge is 0.344 e. The van der Waals surface area contributed by atoms with Crippen LogP contribution in [-0.4, -0.2) is 19.7 Å². The Bertz CT molecular complexity index is 1130. The summed E-state index contributed by atoms with van der Waals surface area (Å²) < 4.78 is 21.4. The van der Waals surface area contributed by atoms with Crippen LogP contribution in [-0.2, 0) is 22.6 Å². The summed E-state index contributed by atoms with van der Waals surface area (Å²) in [5.41, 5.74) is 2.61. The highest BCUT2D eigenvalue weighted by atomic mass is 16.6. The molecule has 0 aliphatic carbocycles. The predicted molar refractivity (Wildman–Crippen MR) is 115 cm³/mol. The fourth-order valence-electron chi connectivity index (χ4n) is 3.05. The van der Waals surface area contributed by atoms with Crippen molar-refractivity contribution in [2.45, 2.75) is 26.9 Å². The Morgan fingerprint density at radius 2 is 1.93 bits per heavy atom. The summed E-state index contributed by atoms with van der Waals surface area (Å²) in [6.45, 7) is 3.62. The zero-order valence-corrected chi connectivity index (χ0v) is 17.3. The first-order valence-corrected chi connectivity index (χ1v) is 9.69. The maximum absolute atomic E-state index is 12.2. The Morgan fingerprint density at radius 1 is 1.10 bits per heavy atom. The lowest BCUT2D eigenvalue weighted by Gasteiger charge is -2.12. The average Bonchev–Trinajstić information content (AvgIpc) is 2.75. The summed E-state index contributed by atoms with van der Waals surface area (Å²) in [4.78, 5) is 24.0. The van der Waals surface area contributed by atoms with E-state index >= 15 is 0 Å². The van der Waals surface area contributed by atoms with Gasteiger partial charge in [-0.3, -0.25) is 0 Å². The third-order valence-electron chi connectivity index (χ3n) is 4.58. The van der Waals surface area contributed by atoms with E-state index in [4.69, 9.17) is 18.6 Å². The minimum Gasteiger partial charge on any atom is -0.493 e. The fourth-order valence-corrected chi connectivity index (χ4v) is 3.05. The second-order valence-electron chi connectivity index (χ2n) is 6.63. The molecule has 0 aliphatic heterocycles. The molecule has 3 rings (SSSR count). The van der Waals surface area contributed by atoms with Crippen molar-refractivity contribution in [2.24, 2.45) is 0 Å². The fraction of sp³-hybridized carbons (Fsp3) is 0.250. The lowest BCUT2D eigenvalue weighted by Crippen LogP contribution is -2.15. The van der Waals surface area contributed by atoms with Gasteiger partial charge in [-0.05, 0) is 42.7 Å². The largest absolute Gasteiger partial charge is 0.493 e. The van der Waals surface area contributed by atoms with Gasteiger partial charge in [0.25, 0.3) is 0 Å². The number of rotatable bonds is 8. The van der Waals surface area contributed by atoms with E-state index in [1.165, 1.54) is 13.2 Å². The zero-order chi connectivity index (χ0) is 21.5. The van der Waals surface area contributed by atoms with E-state index in [1.54, 1.807) is 6.07 Å². The van der Waals surface area contributed by atoms with Crippen molar-refractivity contribution in [3.05, 3.63) is 75.7 Å². The van der Waals surface area contributed by atoms with E-state index < -0.39 is 11.6 Å². The summed E-state index contributed by atoms with van der Waals surface area (Å²) in [6, 6.07) is 12.4. The summed E-state index contributed by atoms with van der Waals surface area (Å²) in [5, 5.41) is 0.738. The van der Waals surface area contributed by atoms with Gasteiger partial charge in [0.15, 0.2) is 18.1 Å². The van der Waals surface area contributed by atoms with Gasteiger partial charge in [-0.25, -0.2) is 9.59 Å². The highest BCUT2D eigenvalue weighted by molar-refractivity contribution is 5.81. The Balaban J connectivity index is 1.66. The summed E-state index contributed by atoms with van der Waals surface area (Å²) >= 11 is 0. The molecule has 0 atom stereocenters. The standard InChI is InChI=1S/C24H24O6/c1-4-6-17-8-10-20(22(12-17)27-3)28-15-24(26)29-14-18-13-23(25)30-21-11-16(5-2)7-9-19(18)21/h4,6-13H,5,14-15H2,1-3H3/b6-4+. The molecule has 0 radical (unpaired) electrons. The number of ether oxygens (including phenoxy) is 3. The van der Waals surface area contributed by atoms with Crippen molar-refractivity contribution in [3.63, 3.8) is 0 Å². The van der Waals surface area contributed by atoms with Crippen LogP contribution in [0.5, 0.6) is 11.5 Å². The van der Waals surface area contributed by atoms with Crippen LogP contribution >= 0.6 is 0 Å². The van der Waals surface area contributed by atoms with Crippen LogP contribution in [0.15, 0.2) is 57.8 Å². The molecule has 1 aromatic heterocycles. The quantitative estimate of drug-likeness (QED) is 0.403. The van der Waals surface area contributed by atoms with E-state index in [0.717, 1.165) is 22.9 Å². The second kappa shape index (κ2) is 9.78. The number of aryl methyl sites for hydroxylation is 1. The van der Waals surface area contributed by atoms with Crippen LogP contribution in [0, 0.1) is 0 Å². The predicted octanol–water partition coefficient (Wildman–Crippen LogP) is 4.52. The Hall–Kier alpha value is -3.54. The van der Waals surface area contributed by atoms with Crippen molar-refractivity contribution in [2.75, 3.05) is 13.7 Å². The molecule has 156 valence electrons. The van der Waals surface area contributed by atoms with Gasteiger partial charge in [-0.15, -0.1) is 0 Å². The highest BCUT2D eigenvalue weighted by Crippen LogP contribution is 2.28. The number of fused-ring (bicyclic) bond motifs is 1. The molecule has 30 heavy (non-hydrogen) atoms. The maximum Gasteiger partial charge on any atom is 0.344 e. The molecule has 6 nitrogen and oxygen atoms in total. The van der Waals surface area contributed by atoms with Crippen LogP contribution < -0.4 is 15.1 Å². The summed E-state index contributed by atoms with van der Waals surface area (Å²) in [6.07, 6.45) is 4.68. The van der Waals surface area contributed by atoms with Crippen molar-refractivity contribution >= 4 is 23.0 Å². The Kier molecular flexibility index (Phi) is 6.91. The molecule has 0 bridgehead atoms. The van der Waals surface area contributed by atoms with Gasteiger partial charge in [0.2, 0.25) is 0 Å². The molecule has 0 aliphatic rings. The normalized spacial score (nSPS) is 11.0. The number of hydrogen-bond donors (Lipinski definition) is 0. The molecule has 1 heterocycles. The molecule has 0 saturated heterocycles. The van der Waals surface area contributed by atoms with Crippen LogP contribution in [0.4, 0.5) is 0 Å². The number of esters is 1. The first kappa shape index (κ1) is 21.2. The van der Waals surface area contributed by atoms with Gasteiger partial charge in [0.05, 0.1) is 7.11 Å². The third-order valence-corrected chi connectivity index (χ3v) is 4.58. The van der Waals surface area contributed by atoms with Crippen LogP contribution in [0.1, 0.15) is 30.5 Å². The van der Waals surface area contributed by atoms with Crippen molar-refractivity contribution in [1.29, 1.82) is 0 Å². The van der Waals surface area contributed by atoms with Gasteiger partial charge in [-0.2, -0.15) is 0 Å². The zero-order valence-electron chi connectivity index (χ0n) is 17.3. The van der Waals surface area contributed by atoms with E-state index in [1.807, 2.05) is 56.3 Å². The monoisotopic (exact) mass is 408 g/mol. The SMILES string of the molecule is C/C=C/c1ccc(OCC(=O)OCc2cc(=O)oc3cc(CC)ccc23)c(OC)c1. The molecule has 0 saturated carbocycles. The lowest BCUT2D eigenvalue weighted by molar-refractivity contribution is -0.147.